The number of aromatic nitrogens is 2. The number of hydrogen-bond acceptors (Lipinski definition) is 2. The average Bonchev–Trinajstić information content (AvgIpc) is 2.66. The molecule has 0 spiro atoms. The molecule has 0 aliphatic heterocycles. The van der Waals surface area contributed by atoms with Crippen molar-refractivity contribution in [1.29, 1.82) is 0 Å². The smallest absolute Gasteiger partial charge is 0.277 e. The van der Waals surface area contributed by atoms with Crippen LogP contribution >= 0.6 is 0 Å². The van der Waals surface area contributed by atoms with Gasteiger partial charge in [0.15, 0.2) is 0 Å². The second-order valence-electron chi connectivity index (χ2n) is 8.80. The molecule has 0 bridgehead atoms. The lowest BCUT2D eigenvalue weighted by molar-refractivity contribution is -0.228. The van der Waals surface area contributed by atoms with Gasteiger partial charge in [0.1, 0.15) is 5.65 Å². The van der Waals surface area contributed by atoms with Crippen molar-refractivity contribution in [2.24, 2.45) is 10.8 Å². The molecule has 24 heavy (non-hydrogen) atoms. The third kappa shape index (κ3) is 1.03. The zero-order valence-electron chi connectivity index (χ0n) is 14.3. The van der Waals surface area contributed by atoms with E-state index in [1.165, 1.54) is 12.1 Å². The van der Waals surface area contributed by atoms with E-state index >= 15 is 0 Å². The number of hydrogen-bond donors (Lipinski definition) is 0. The molecule has 2 heterocycles. The molecule has 120 valence electrons. The van der Waals surface area contributed by atoms with Crippen molar-refractivity contribution >= 4 is 16.4 Å². The SMILES string of the molecule is CC12CC3c4c(n5ccc6ccccc6c5nc4=O)C(C)(C1)C32C. The second kappa shape index (κ2) is 3.44. The highest BCUT2D eigenvalue weighted by molar-refractivity contribution is 5.94. The van der Waals surface area contributed by atoms with Gasteiger partial charge in [-0.25, -0.2) is 0 Å². The zero-order chi connectivity index (χ0) is 16.5. The highest BCUT2D eigenvalue weighted by Gasteiger charge is 2.81. The van der Waals surface area contributed by atoms with Crippen LogP contribution in [0.1, 0.15) is 50.8 Å². The molecular formula is C21H20N2O. The van der Waals surface area contributed by atoms with Crippen LogP contribution in [0.15, 0.2) is 41.3 Å². The van der Waals surface area contributed by atoms with Crippen molar-refractivity contribution in [1.82, 2.24) is 9.38 Å². The van der Waals surface area contributed by atoms with Crippen LogP contribution in [0, 0.1) is 10.8 Å². The first-order valence-electron chi connectivity index (χ1n) is 8.85. The average molecular weight is 316 g/mol. The fourth-order valence-corrected chi connectivity index (χ4v) is 6.80. The van der Waals surface area contributed by atoms with Gasteiger partial charge in [0.2, 0.25) is 0 Å². The van der Waals surface area contributed by atoms with Gasteiger partial charge >= 0.3 is 0 Å². The van der Waals surface area contributed by atoms with Crippen LogP contribution in [0.3, 0.4) is 0 Å². The predicted molar refractivity (Wildman–Crippen MR) is 94.5 cm³/mol. The summed E-state index contributed by atoms with van der Waals surface area (Å²) in [4.78, 5) is 17.5. The molecule has 2 saturated carbocycles. The quantitative estimate of drug-likeness (QED) is 0.587. The molecule has 4 unspecified atom stereocenters. The molecule has 0 amide bonds. The maximum atomic E-state index is 13.0. The van der Waals surface area contributed by atoms with Crippen LogP contribution in [0.5, 0.6) is 0 Å². The Hall–Kier alpha value is -2.16. The van der Waals surface area contributed by atoms with Crippen molar-refractivity contribution in [2.75, 3.05) is 0 Å². The van der Waals surface area contributed by atoms with Crippen LogP contribution < -0.4 is 5.56 Å². The molecule has 0 saturated heterocycles. The van der Waals surface area contributed by atoms with Gasteiger partial charge in [-0.3, -0.25) is 4.79 Å². The molecular weight excluding hydrogens is 296 g/mol. The fraction of sp³-hybridized carbons (Fsp3) is 0.429. The largest absolute Gasteiger partial charge is 0.304 e. The zero-order valence-corrected chi connectivity index (χ0v) is 14.3. The van der Waals surface area contributed by atoms with Crippen molar-refractivity contribution in [3.8, 4) is 0 Å². The minimum absolute atomic E-state index is 0.00486. The highest BCUT2D eigenvalue weighted by Crippen LogP contribution is 2.86. The van der Waals surface area contributed by atoms with E-state index in [9.17, 15) is 4.79 Å². The third-order valence-electron chi connectivity index (χ3n) is 8.13. The molecule has 1 aromatic carbocycles. The van der Waals surface area contributed by atoms with Gasteiger partial charge in [-0.05, 0) is 41.0 Å². The van der Waals surface area contributed by atoms with Crippen LogP contribution in [-0.4, -0.2) is 9.38 Å². The standard InChI is InChI=1S/C21H20N2O/c1-19-10-14-15-16(20(2,11-19)21(14,19)3)23-9-8-12-6-4-5-7-13(12)17(23)22-18(15)24/h4-9,14H,10-11H2,1-3H3. The number of nitrogens with zero attached hydrogens (tertiary/aromatic N) is 2. The van der Waals surface area contributed by atoms with E-state index in [1.54, 1.807) is 0 Å². The Morgan fingerprint density at radius 1 is 1.17 bits per heavy atom. The van der Waals surface area contributed by atoms with E-state index in [-0.39, 0.29) is 16.4 Å². The minimum atomic E-state index is 0.00486. The van der Waals surface area contributed by atoms with Crippen LogP contribution in [0.25, 0.3) is 16.4 Å². The molecule has 0 N–H and O–H groups in total. The first kappa shape index (κ1) is 13.2. The molecule has 0 radical (unpaired) electrons. The molecule has 3 nitrogen and oxygen atoms in total. The summed E-state index contributed by atoms with van der Waals surface area (Å²) >= 11 is 0. The van der Waals surface area contributed by atoms with E-state index in [0.717, 1.165) is 28.4 Å². The molecule has 3 aliphatic carbocycles. The minimum Gasteiger partial charge on any atom is -0.304 e. The van der Waals surface area contributed by atoms with Gasteiger partial charge < -0.3 is 4.40 Å². The van der Waals surface area contributed by atoms with Crippen molar-refractivity contribution in [3.63, 3.8) is 0 Å². The Kier molecular flexibility index (Phi) is 1.89. The fourth-order valence-electron chi connectivity index (χ4n) is 6.80. The third-order valence-corrected chi connectivity index (χ3v) is 8.13. The molecule has 3 aliphatic rings. The lowest BCUT2D eigenvalue weighted by Crippen LogP contribution is -2.70. The van der Waals surface area contributed by atoms with Crippen molar-refractivity contribution < 1.29 is 0 Å². The topological polar surface area (TPSA) is 34.4 Å². The Labute approximate surface area is 140 Å². The van der Waals surface area contributed by atoms with E-state index in [4.69, 9.17) is 0 Å². The Balaban J connectivity index is 1.81. The normalized spacial score (nSPS) is 38.5. The maximum Gasteiger partial charge on any atom is 0.277 e. The second-order valence-corrected chi connectivity index (χ2v) is 8.80. The summed E-state index contributed by atoms with van der Waals surface area (Å²) in [5, 5.41) is 2.20. The van der Waals surface area contributed by atoms with E-state index < -0.39 is 0 Å². The van der Waals surface area contributed by atoms with Gasteiger partial charge in [0.05, 0.1) is 0 Å². The number of benzene rings is 1. The molecule has 3 aromatic rings. The molecule has 4 atom stereocenters. The van der Waals surface area contributed by atoms with E-state index in [1.807, 2.05) is 12.1 Å². The summed E-state index contributed by atoms with van der Waals surface area (Å²) in [6.45, 7) is 7.17. The lowest BCUT2D eigenvalue weighted by Gasteiger charge is -2.75. The summed E-state index contributed by atoms with van der Waals surface area (Å²) in [6.07, 6.45) is 4.44. The molecule has 2 aromatic heterocycles. The van der Waals surface area contributed by atoms with Crippen LogP contribution in [0.2, 0.25) is 0 Å². The highest BCUT2D eigenvalue weighted by atomic mass is 16.1. The van der Waals surface area contributed by atoms with Crippen molar-refractivity contribution in [3.05, 3.63) is 58.1 Å². The molecule has 3 heteroatoms. The maximum absolute atomic E-state index is 13.0. The summed E-state index contributed by atoms with van der Waals surface area (Å²) in [6, 6.07) is 10.4. The van der Waals surface area contributed by atoms with Gasteiger partial charge in [-0.15, -0.1) is 0 Å². The first-order chi connectivity index (χ1) is 11.4. The number of pyridine rings is 1. The summed E-state index contributed by atoms with van der Waals surface area (Å²) in [7, 11) is 0. The summed E-state index contributed by atoms with van der Waals surface area (Å²) in [5.41, 5.74) is 3.76. The predicted octanol–water partition coefficient (Wildman–Crippen LogP) is 4.02. The Morgan fingerprint density at radius 3 is 2.75 bits per heavy atom. The van der Waals surface area contributed by atoms with Gasteiger partial charge in [-0.2, -0.15) is 4.98 Å². The van der Waals surface area contributed by atoms with Crippen LogP contribution in [0.4, 0.5) is 0 Å². The van der Waals surface area contributed by atoms with Crippen molar-refractivity contribution in [2.45, 2.75) is 44.9 Å². The van der Waals surface area contributed by atoms with E-state index in [2.05, 4.69) is 54.6 Å². The van der Waals surface area contributed by atoms with Gasteiger partial charge in [0.25, 0.3) is 5.56 Å². The summed E-state index contributed by atoms with van der Waals surface area (Å²) < 4.78 is 2.22. The first-order valence-corrected chi connectivity index (χ1v) is 8.85. The van der Waals surface area contributed by atoms with Crippen LogP contribution in [-0.2, 0) is 5.41 Å². The van der Waals surface area contributed by atoms with Gasteiger partial charge in [-0.1, -0.05) is 45.0 Å². The lowest BCUT2D eigenvalue weighted by atomic mass is 9.28. The monoisotopic (exact) mass is 316 g/mol. The Morgan fingerprint density at radius 2 is 1.96 bits per heavy atom. The van der Waals surface area contributed by atoms with E-state index in [0.29, 0.717) is 11.3 Å². The molecule has 2 fully saturated rings. The van der Waals surface area contributed by atoms with Gasteiger partial charge in [0, 0.05) is 28.3 Å². The molecule has 6 rings (SSSR count). The Bertz CT molecular complexity index is 1150. The number of rotatable bonds is 0. The summed E-state index contributed by atoms with van der Waals surface area (Å²) in [5.74, 6) is 0.389. The number of fused-ring (bicyclic) bond motifs is 7.